The van der Waals surface area contributed by atoms with Crippen LogP contribution in [0.5, 0.6) is 0 Å². The molecule has 0 heterocycles. The van der Waals surface area contributed by atoms with E-state index >= 15 is 0 Å². The maximum absolute atomic E-state index is 5.06. The second kappa shape index (κ2) is 87.0. The van der Waals surface area contributed by atoms with E-state index in [4.69, 9.17) is 149 Å². The molecule has 0 N–H and O–H groups in total. The first kappa shape index (κ1) is 104. The van der Waals surface area contributed by atoms with Gasteiger partial charge in [0, 0.05) is 78.5 Å². The van der Waals surface area contributed by atoms with E-state index < -0.39 is 0 Å². The minimum atomic E-state index is 0. The molecule has 0 aliphatic rings. The van der Waals surface area contributed by atoms with Gasteiger partial charge in [0.15, 0.2) is 0 Å². The molecule has 0 aliphatic heterocycles. The fourth-order valence-electron chi connectivity index (χ4n) is 8.40. The summed E-state index contributed by atoms with van der Waals surface area (Å²) in [6.45, 7) is 39.3. The predicted molar refractivity (Wildman–Crippen MR) is 424 cm³/mol. The maximum atomic E-state index is 5.06. The van der Waals surface area contributed by atoms with Crippen molar-refractivity contribution in [1.82, 2.24) is 29.4 Å². The Bertz CT molecular complexity index is 1110. The molecule has 0 saturated heterocycles. The molecule has 0 rings (SSSR count). The van der Waals surface area contributed by atoms with Crippen molar-refractivity contribution in [2.75, 3.05) is 78.5 Å². The fourth-order valence-corrected chi connectivity index (χ4v) is 10.6. The molecule has 0 saturated carbocycles. The predicted octanol–water partition coefficient (Wildman–Crippen LogP) is 21.0. The molecule has 20 heteroatoms. The molecule has 0 bridgehead atoms. The van der Waals surface area contributed by atoms with Crippen LogP contribution in [-0.2, 0) is 116 Å². The van der Waals surface area contributed by atoms with Gasteiger partial charge in [-0.3, -0.25) is 0 Å². The van der Waals surface area contributed by atoms with E-state index in [0.29, 0.717) is 25.9 Å². The summed E-state index contributed by atoms with van der Waals surface area (Å²) in [5.41, 5.74) is 0. The van der Waals surface area contributed by atoms with Crippen molar-refractivity contribution in [3.63, 3.8) is 0 Å². The van der Waals surface area contributed by atoms with Crippen molar-refractivity contribution in [3.05, 3.63) is 0 Å². The Morgan fingerprint density at radius 2 is 0.256 bits per heavy atom. The molecule has 506 valence electrons. The van der Waals surface area contributed by atoms with Crippen LogP contribution < -0.4 is 0 Å². The Morgan fingerprint density at radius 3 is 0.302 bits per heavy atom. The van der Waals surface area contributed by atoms with Crippen LogP contribution in [0.2, 0.25) is 0 Å². The normalized spacial score (nSPS) is 9.91. The Kier molecular flexibility index (Phi) is 105. The minimum Gasteiger partial charge on any atom is -0.411 e. The van der Waals surface area contributed by atoms with Crippen LogP contribution in [-0.4, -0.2) is 134 Å². The molecule has 0 aromatic heterocycles. The van der Waals surface area contributed by atoms with E-state index in [1.54, 1.807) is 0 Å². The van der Waals surface area contributed by atoms with E-state index in [9.17, 15) is 0 Å². The van der Waals surface area contributed by atoms with Gasteiger partial charge in [-0.05, 0) is 77.0 Å². The molecule has 0 aromatic rings. The van der Waals surface area contributed by atoms with Crippen molar-refractivity contribution in [2.45, 2.75) is 314 Å². The molecule has 0 atom stereocenters. The van der Waals surface area contributed by atoms with Gasteiger partial charge in [-0.1, -0.05) is 263 Å². The van der Waals surface area contributed by atoms with E-state index in [2.05, 4.69) is 112 Å². The van der Waals surface area contributed by atoms with Crippen molar-refractivity contribution in [2.24, 2.45) is 0 Å². The van der Waals surface area contributed by atoms with Gasteiger partial charge in [0.05, 0.1) is 0 Å². The van der Waals surface area contributed by atoms with Gasteiger partial charge < -0.3 is 178 Å². The van der Waals surface area contributed by atoms with Crippen LogP contribution in [0.1, 0.15) is 314 Å². The molecule has 0 amide bonds. The number of thiocarbonyl (C=S) groups is 6. The Balaban J connectivity index is -0.000000141. The number of nitrogens with zero attached hydrogens (tertiary/aromatic N) is 6. The molecule has 0 radical (unpaired) electrons. The Morgan fingerprint density at radius 1 is 0.186 bits per heavy atom. The standard InChI is InChI=1S/6C11H23NS2.Mo.Zn/c6*1-3-5-7-9-12(11(13)14)10-8-6-4-2;;/h6*3-10H2,1-2H3,(H,13,14);;/q;;;;;;+4;+2/p-6. The third-order valence-electron chi connectivity index (χ3n) is 13.9. The first-order valence-electron chi connectivity index (χ1n) is 34.1. The number of unbranched alkanes of at least 4 members (excludes halogenated alkanes) is 24. The van der Waals surface area contributed by atoms with Crippen LogP contribution >= 0.6 is 73.3 Å². The smallest absolute Gasteiger partial charge is 0.411 e. The number of hydrogen-bond donors (Lipinski definition) is 0. The molecule has 0 fully saturated rings. The van der Waals surface area contributed by atoms with Gasteiger partial charge in [0.2, 0.25) is 0 Å². The van der Waals surface area contributed by atoms with Gasteiger partial charge in [-0.2, -0.15) is 0 Å². The Hall–Kier alpha value is 1.97. The first-order valence-corrected chi connectivity index (χ1v) is 39.0. The van der Waals surface area contributed by atoms with E-state index in [1.165, 1.54) is 231 Å². The maximum Gasteiger partial charge on any atom is 4.00 e. The molecule has 0 aliphatic carbocycles. The van der Waals surface area contributed by atoms with Crippen LogP contribution in [0.4, 0.5) is 0 Å². The molecule has 0 spiro atoms. The quantitative estimate of drug-likeness (QED) is 0.0249. The monoisotopic (exact) mass is 1550 g/mol. The number of hydrogen-bond acceptors (Lipinski definition) is 12. The number of rotatable bonds is 48. The van der Waals surface area contributed by atoms with Gasteiger partial charge in [-0.15, -0.1) is 0 Å². The molecular weight excluding hydrogens is 1420 g/mol. The summed E-state index contributed by atoms with van der Waals surface area (Å²) in [6.07, 6.45) is 45.1. The minimum absolute atomic E-state index is 0. The summed E-state index contributed by atoms with van der Waals surface area (Å²) in [7, 11) is 0. The third-order valence-corrected chi connectivity index (χ3v) is 17.0. The van der Waals surface area contributed by atoms with E-state index in [0.717, 1.165) is 78.5 Å². The topological polar surface area (TPSA) is 19.4 Å². The average Bonchev–Trinajstić information content (AvgIpc) is 3.46. The molecule has 86 heavy (non-hydrogen) atoms. The van der Waals surface area contributed by atoms with E-state index in [-0.39, 0.29) is 40.5 Å². The van der Waals surface area contributed by atoms with Crippen molar-refractivity contribution in [1.29, 1.82) is 0 Å². The zero-order chi connectivity index (χ0) is 64.9. The van der Waals surface area contributed by atoms with Gasteiger partial charge in [0.1, 0.15) is 0 Å². The summed E-state index contributed by atoms with van der Waals surface area (Å²) >= 11 is 60.7. The second-order valence-corrected chi connectivity index (χ2v) is 28.2. The third kappa shape index (κ3) is 84.0. The van der Waals surface area contributed by atoms with Gasteiger partial charge in [0.25, 0.3) is 0 Å². The van der Waals surface area contributed by atoms with Crippen LogP contribution in [0.25, 0.3) is 0 Å². The van der Waals surface area contributed by atoms with Crippen molar-refractivity contribution < 1.29 is 40.5 Å². The van der Waals surface area contributed by atoms with Crippen LogP contribution in [0.3, 0.4) is 0 Å². The van der Waals surface area contributed by atoms with Crippen molar-refractivity contribution >= 4 is 175 Å². The van der Waals surface area contributed by atoms with E-state index in [1.807, 2.05) is 0 Å². The summed E-state index contributed by atoms with van der Waals surface area (Å²) in [6, 6.07) is 0. The van der Waals surface area contributed by atoms with Gasteiger partial charge in [-0.25, -0.2) is 0 Å². The summed E-state index contributed by atoms with van der Waals surface area (Å²) in [5, 5.41) is 0. The summed E-state index contributed by atoms with van der Waals surface area (Å²) < 4.78 is 3.90. The Labute approximate surface area is 630 Å². The van der Waals surface area contributed by atoms with Crippen LogP contribution in [0, 0.1) is 0 Å². The van der Waals surface area contributed by atoms with Crippen LogP contribution in [0.15, 0.2) is 0 Å². The zero-order valence-corrected chi connectivity index (χ0v) is 72.4. The molecule has 0 aromatic carbocycles. The molecule has 0 unspecified atom stereocenters. The average molecular weight is 1560 g/mol. The molecule has 6 nitrogen and oxygen atoms in total. The summed E-state index contributed by atoms with van der Waals surface area (Å²) in [5.74, 6) is 0. The zero-order valence-electron chi connectivity index (χ0n) is 57.6. The van der Waals surface area contributed by atoms with Gasteiger partial charge >= 0.3 is 40.5 Å². The summed E-state index contributed by atoms with van der Waals surface area (Å²) in [4.78, 5) is 13.1. The second-order valence-electron chi connectivity index (χ2n) is 22.0. The van der Waals surface area contributed by atoms with Crippen molar-refractivity contribution in [3.8, 4) is 0 Å². The molecular formula is C66H132MoN6S12Zn. The first-order chi connectivity index (χ1) is 40.3. The fraction of sp³-hybridized carbons (Fsp3) is 0.909. The SMILES string of the molecule is CCCCCN(CCCCC)C(=S)[S-].CCCCCN(CCCCC)C(=S)[S-].CCCCCN(CCCCC)C(=S)[S-].CCCCCN(CCCCC)C(=S)[S-].CCCCCN(CCCCC)C(=S)[S-].CCCCCN(CCCCC)C(=S)[S-].[Mo+4].[Zn+2]. The largest absolute Gasteiger partial charge is 4.00 e.